The van der Waals surface area contributed by atoms with E-state index in [-0.39, 0.29) is 0 Å². The summed E-state index contributed by atoms with van der Waals surface area (Å²) in [7, 11) is 2.06. The van der Waals surface area contributed by atoms with Gasteiger partial charge in [0.05, 0.1) is 0 Å². The smallest absolute Gasteiger partial charge is 0.0481 e. The standard InChI is InChI=1S/C10H11NS/c1-7-6-11(2)10-4-3-8(12)5-9(7)10/h3-6,12H,1-2H3. The number of nitrogens with zero attached hydrogens (tertiary/aromatic N) is 1. The Kier molecular flexibility index (Phi) is 1.65. The van der Waals surface area contributed by atoms with Gasteiger partial charge in [-0.2, -0.15) is 0 Å². The maximum absolute atomic E-state index is 4.31. The van der Waals surface area contributed by atoms with Crippen LogP contribution in [0.25, 0.3) is 10.9 Å². The molecule has 12 heavy (non-hydrogen) atoms. The lowest BCUT2D eigenvalue weighted by molar-refractivity contribution is 0.963. The number of benzene rings is 1. The van der Waals surface area contributed by atoms with E-state index in [1.165, 1.54) is 16.5 Å². The van der Waals surface area contributed by atoms with Crippen molar-refractivity contribution in [3.63, 3.8) is 0 Å². The maximum atomic E-state index is 4.31. The minimum atomic E-state index is 1.02. The maximum Gasteiger partial charge on any atom is 0.0481 e. The van der Waals surface area contributed by atoms with Crippen LogP contribution in [0.2, 0.25) is 0 Å². The average molecular weight is 177 g/mol. The number of hydrogen-bond acceptors (Lipinski definition) is 1. The molecule has 1 nitrogen and oxygen atoms in total. The van der Waals surface area contributed by atoms with E-state index in [0.29, 0.717) is 0 Å². The predicted octanol–water partition coefficient (Wildman–Crippen LogP) is 2.78. The molecule has 0 spiro atoms. The van der Waals surface area contributed by atoms with Crippen molar-refractivity contribution in [2.24, 2.45) is 7.05 Å². The zero-order chi connectivity index (χ0) is 8.72. The van der Waals surface area contributed by atoms with Gasteiger partial charge in [0.2, 0.25) is 0 Å². The van der Waals surface area contributed by atoms with Gasteiger partial charge >= 0.3 is 0 Å². The van der Waals surface area contributed by atoms with E-state index in [1.807, 2.05) is 6.07 Å². The lowest BCUT2D eigenvalue weighted by atomic mass is 10.2. The second-order valence-electron chi connectivity index (χ2n) is 3.12. The number of hydrogen-bond donors (Lipinski definition) is 1. The first kappa shape index (κ1) is 7.74. The molecule has 0 saturated heterocycles. The van der Waals surface area contributed by atoms with Gasteiger partial charge in [0.25, 0.3) is 0 Å². The molecular formula is C10H11NS. The summed E-state index contributed by atoms with van der Waals surface area (Å²) in [6.07, 6.45) is 2.14. The minimum absolute atomic E-state index is 1.02. The molecule has 62 valence electrons. The fraction of sp³-hybridized carbons (Fsp3) is 0.200. The molecule has 0 N–H and O–H groups in total. The third-order valence-electron chi connectivity index (χ3n) is 2.17. The zero-order valence-electron chi connectivity index (χ0n) is 7.20. The van der Waals surface area contributed by atoms with E-state index < -0.39 is 0 Å². The van der Waals surface area contributed by atoms with Crippen LogP contribution < -0.4 is 0 Å². The third kappa shape index (κ3) is 1.03. The highest BCUT2D eigenvalue weighted by Gasteiger charge is 2.01. The van der Waals surface area contributed by atoms with Crippen molar-refractivity contribution in [2.75, 3.05) is 0 Å². The van der Waals surface area contributed by atoms with Crippen LogP contribution in [0.4, 0.5) is 0 Å². The van der Waals surface area contributed by atoms with E-state index in [1.54, 1.807) is 0 Å². The van der Waals surface area contributed by atoms with Gasteiger partial charge in [0.1, 0.15) is 0 Å². The molecule has 1 aromatic heterocycles. The van der Waals surface area contributed by atoms with Gasteiger partial charge in [-0.15, -0.1) is 12.6 Å². The Labute approximate surface area is 77.4 Å². The van der Waals surface area contributed by atoms with Crippen LogP contribution in [0.5, 0.6) is 0 Å². The van der Waals surface area contributed by atoms with Crippen molar-refractivity contribution in [1.82, 2.24) is 4.57 Å². The Bertz CT molecular complexity index is 429. The molecule has 1 heterocycles. The number of fused-ring (bicyclic) bond motifs is 1. The summed E-state index contributed by atoms with van der Waals surface area (Å²) in [6, 6.07) is 6.23. The summed E-state index contributed by atoms with van der Waals surface area (Å²) in [5.41, 5.74) is 2.58. The van der Waals surface area contributed by atoms with Crippen molar-refractivity contribution in [3.05, 3.63) is 30.0 Å². The Hall–Kier alpha value is -0.890. The largest absolute Gasteiger partial charge is 0.350 e. The van der Waals surface area contributed by atoms with E-state index in [0.717, 1.165) is 4.90 Å². The van der Waals surface area contributed by atoms with Crippen LogP contribution in [0, 0.1) is 6.92 Å². The quantitative estimate of drug-likeness (QED) is 0.590. The summed E-state index contributed by atoms with van der Waals surface area (Å²) in [4.78, 5) is 1.02. The molecule has 0 atom stereocenters. The second kappa shape index (κ2) is 2.56. The van der Waals surface area contributed by atoms with Crippen LogP contribution in [-0.2, 0) is 7.05 Å². The highest BCUT2D eigenvalue weighted by Crippen LogP contribution is 2.22. The lowest BCUT2D eigenvalue weighted by Crippen LogP contribution is -1.82. The molecule has 1 aromatic carbocycles. The van der Waals surface area contributed by atoms with Crippen LogP contribution in [0.15, 0.2) is 29.3 Å². The van der Waals surface area contributed by atoms with Crippen molar-refractivity contribution in [2.45, 2.75) is 11.8 Å². The van der Waals surface area contributed by atoms with E-state index >= 15 is 0 Å². The Balaban J connectivity index is 2.90. The highest BCUT2D eigenvalue weighted by atomic mass is 32.1. The molecular weight excluding hydrogens is 166 g/mol. The van der Waals surface area contributed by atoms with Crippen molar-refractivity contribution < 1.29 is 0 Å². The first-order valence-corrected chi connectivity index (χ1v) is 4.38. The van der Waals surface area contributed by atoms with E-state index in [9.17, 15) is 0 Å². The molecule has 0 aliphatic heterocycles. The van der Waals surface area contributed by atoms with Crippen LogP contribution in [-0.4, -0.2) is 4.57 Å². The summed E-state index contributed by atoms with van der Waals surface area (Å²) in [5, 5.41) is 1.30. The van der Waals surface area contributed by atoms with Gasteiger partial charge in [0, 0.05) is 29.0 Å². The van der Waals surface area contributed by atoms with Crippen molar-refractivity contribution in [3.8, 4) is 0 Å². The van der Waals surface area contributed by atoms with Crippen LogP contribution >= 0.6 is 12.6 Å². The zero-order valence-corrected chi connectivity index (χ0v) is 8.10. The summed E-state index contributed by atoms with van der Waals surface area (Å²) >= 11 is 4.31. The van der Waals surface area contributed by atoms with E-state index in [2.05, 4.69) is 49.5 Å². The van der Waals surface area contributed by atoms with Gasteiger partial charge < -0.3 is 4.57 Å². The average Bonchev–Trinajstić information content (AvgIpc) is 2.28. The van der Waals surface area contributed by atoms with Crippen molar-refractivity contribution in [1.29, 1.82) is 0 Å². The number of aryl methyl sites for hydroxylation is 2. The lowest BCUT2D eigenvalue weighted by Gasteiger charge is -1.95. The molecule has 2 rings (SSSR count). The van der Waals surface area contributed by atoms with Crippen molar-refractivity contribution >= 4 is 23.5 Å². The first-order chi connectivity index (χ1) is 5.68. The first-order valence-electron chi connectivity index (χ1n) is 3.93. The monoisotopic (exact) mass is 177 g/mol. The topological polar surface area (TPSA) is 4.93 Å². The molecule has 0 aliphatic rings. The molecule has 2 heteroatoms. The van der Waals surface area contributed by atoms with Gasteiger partial charge in [0.15, 0.2) is 0 Å². The SMILES string of the molecule is Cc1cn(C)c2ccc(S)cc12. The number of thiol groups is 1. The Morgan fingerprint density at radius 2 is 2.08 bits per heavy atom. The minimum Gasteiger partial charge on any atom is -0.350 e. The number of rotatable bonds is 0. The molecule has 2 aromatic rings. The third-order valence-corrected chi connectivity index (χ3v) is 2.45. The molecule has 0 bridgehead atoms. The van der Waals surface area contributed by atoms with E-state index in [4.69, 9.17) is 0 Å². The molecule has 0 unspecified atom stereocenters. The fourth-order valence-corrected chi connectivity index (χ4v) is 1.78. The predicted molar refractivity (Wildman–Crippen MR) is 54.9 cm³/mol. The molecule has 0 radical (unpaired) electrons. The van der Waals surface area contributed by atoms with Crippen LogP contribution in [0.3, 0.4) is 0 Å². The summed E-state index contributed by atoms with van der Waals surface area (Å²) < 4.78 is 2.14. The van der Waals surface area contributed by atoms with Crippen LogP contribution in [0.1, 0.15) is 5.56 Å². The normalized spacial score (nSPS) is 10.9. The highest BCUT2D eigenvalue weighted by molar-refractivity contribution is 7.80. The Morgan fingerprint density at radius 3 is 2.83 bits per heavy atom. The molecule has 0 fully saturated rings. The second-order valence-corrected chi connectivity index (χ2v) is 3.64. The van der Waals surface area contributed by atoms with Gasteiger partial charge in [-0.1, -0.05) is 0 Å². The molecule has 0 amide bonds. The molecule has 0 saturated carbocycles. The summed E-state index contributed by atoms with van der Waals surface area (Å²) in [6.45, 7) is 2.12. The van der Waals surface area contributed by atoms with Gasteiger partial charge in [-0.05, 0) is 30.7 Å². The Morgan fingerprint density at radius 1 is 1.33 bits per heavy atom. The number of aromatic nitrogens is 1. The van der Waals surface area contributed by atoms with Gasteiger partial charge in [-0.25, -0.2) is 0 Å². The molecule has 0 aliphatic carbocycles. The van der Waals surface area contributed by atoms with Gasteiger partial charge in [-0.3, -0.25) is 0 Å². The fourth-order valence-electron chi connectivity index (χ4n) is 1.58. The summed E-state index contributed by atoms with van der Waals surface area (Å²) in [5.74, 6) is 0.